The summed E-state index contributed by atoms with van der Waals surface area (Å²) in [6, 6.07) is 2.41. The Morgan fingerprint density at radius 3 is 2.43 bits per heavy atom. The van der Waals surface area contributed by atoms with Gasteiger partial charge in [0.1, 0.15) is 11.6 Å². The molecule has 0 aliphatic carbocycles. The molecule has 0 radical (unpaired) electrons. The van der Waals surface area contributed by atoms with Crippen LogP contribution >= 0.6 is 0 Å². The molecule has 0 aromatic carbocycles. The Bertz CT molecular complexity index is 819. The number of alkyl halides is 3. The summed E-state index contributed by atoms with van der Waals surface area (Å²) >= 11 is 0. The van der Waals surface area contributed by atoms with Crippen molar-refractivity contribution in [3.63, 3.8) is 0 Å². The lowest BCUT2D eigenvalue weighted by Crippen LogP contribution is -2.37. The van der Waals surface area contributed by atoms with Crippen LogP contribution in [0.1, 0.15) is 19.4 Å². The maximum absolute atomic E-state index is 13.6. The van der Waals surface area contributed by atoms with E-state index in [2.05, 4.69) is 15.0 Å². The Morgan fingerprint density at radius 1 is 1.14 bits per heavy atom. The van der Waals surface area contributed by atoms with Crippen molar-refractivity contribution in [2.45, 2.75) is 20.0 Å². The molecular weight excluding hydrogens is 373 g/mol. The molecule has 1 saturated heterocycles. The summed E-state index contributed by atoms with van der Waals surface area (Å²) in [5.41, 5.74) is 4.68. The van der Waals surface area contributed by atoms with Gasteiger partial charge in [0, 0.05) is 44.0 Å². The lowest BCUT2D eigenvalue weighted by atomic mass is 10.1. The summed E-state index contributed by atoms with van der Waals surface area (Å²) in [7, 11) is 0. The van der Waals surface area contributed by atoms with Crippen molar-refractivity contribution in [1.29, 1.82) is 0 Å². The zero-order chi connectivity index (χ0) is 20.3. The molecule has 28 heavy (non-hydrogen) atoms. The number of pyridine rings is 1. The molecule has 1 aliphatic rings. The summed E-state index contributed by atoms with van der Waals surface area (Å²) in [4.78, 5) is 16.8. The van der Waals surface area contributed by atoms with Crippen molar-refractivity contribution < 1.29 is 17.9 Å². The van der Waals surface area contributed by atoms with Crippen molar-refractivity contribution in [3.8, 4) is 11.3 Å². The molecule has 2 N–H and O–H groups in total. The van der Waals surface area contributed by atoms with E-state index in [-0.39, 0.29) is 17.1 Å². The molecule has 2 aromatic rings. The summed E-state index contributed by atoms with van der Waals surface area (Å²) in [5, 5.41) is 0. The number of hydrogen-bond acceptors (Lipinski definition) is 7. The SMILES string of the molecule is CCN(CC)c1cc(-c2cnc(N)cc2C(F)(F)F)nc(N2CCOCC2)n1. The second kappa shape index (κ2) is 8.17. The number of halogens is 3. The predicted octanol–water partition coefficient (Wildman–Crippen LogP) is 2.82. The molecule has 0 atom stereocenters. The smallest absolute Gasteiger partial charge is 0.384 e. The number of aromatic nitrogens is 3. The number of hydrogen-bond donors (Lipinski definition) is 1. The average molecular weight is 396 g/mol. The molecule has 1 fully saturated rings. The van der Waals surface area contributed by atoms with Gasteiger partial charge in [-0.2, -0.15) is 18.2 Å². The highest BCUT2D eigenvalue weighted by Crippen LogP contribution is 2.38. The molecular formula is C18H23F3N6O. The molecule has 0 amide bonds. The number of nitrogens with zero attached hydrogens (tertiary/aromatic N) is 5. The standard InChI is InChI=1S/C18H23F3N6O/c1-3-26(4-2)16-10-14(24-17(25-16)27-5-7-28-8-6-27)12-11-23-15(22)9-13(12)18(19,20)21/h9-11H,3-8H2,1-2H3,(H2,22,23). The topological polar surface area (TPSA) is 80.4 Å². The fourth-order valence-corrected chi connectivity index (χ4v) is 3.08. The highest BCUT2D eigenvalue weighted by Gasteiger charge is 2.35. The van der Waals surface area contributed by atoms with Crippen LogP contribution in [0.4, 0.5) is 30.8 Å². The summed E-state index contributed by atoms with van der Waals surface area (Å²) < 4.78 is 46.1. The van der Waals surface area contributed by atoms with Gasteiger partial charge in [-0.25, -0.2) is 9.97 Å². The Kier molecular flexibility index (Phi) is 5.87. The van der Waals surface area contributed by atoms with Gasteiger partial charge in [-0.1, -0.05) is 0 Å². The number of nitrogens with two attached hydrogens (primary N) is 1. The molecule has 1 aliphatic heterocycles. The van der Waals surface area contributed by atoms with Crippen LogP contribution in [0.25, 0.3) is 11.3 Å². The van der Waals surface area contributed by atoms with E-state index in [0.29, 0.717) is 51.2 Å². The Labute approximate surface area is 161 Å². The molecule has 152 valence electrons. The van der Waals surface area contributed by atoms with Crippen LogP contribution in [0.3, 0.4) is 0 Å². The minimum absolute atomic E-state index is 0.119. The third-order valence-corrected chi connectivity index (χ3v) is 4.59. The van der Waals surface area contributed by atoms with Crippen molar-refractivity contribution in [2.75, 3.05) is 54.9 Å². The Hall–Kier alpha value is -2.62. The molecule has 0 unspecified atom stereocenters. The number of morpholine rings is 1. The minimum atomic E-state index is -4.58. The number of anilines is 3. The first-order valence-electron chi connectivity index (χ1n) is 9.13. The van der Waals surface area contributed by atoms with Gasteiger partial charge in [0.15, 0.2) is 0 Å². The van der Waals surface area contributed by atoms with E-state index in [9.17, 15) is 13.2 Å². The Balaban J connectivity index is 2.16. The molecule has 3 rings (SSSR count). The molecule has 2 aromatic heterocycles. The summed E-state index contributed by atoms with van der Waals surface area (Å²) in [6.45, 7) is 7.46. The van der Waals surface area contributed by atoms with Gasteiger partial charge in [-0.15, -0.1) is 0 Å². The third-order valence-electron chi connectivity index (χ3n) is 4.59. The van der Waals surface area contributed by atoms with Gasteiger partial charge in [0.05, 0.1) is 24.5 Å². The van der Waals surface area contributed by atoms with Crippen LogP contribution < -0.4 is 15.5 Å². The highest BCUT2D eigenvalue weighted by molar-refractivity contribution is 5.69. The molecule has 10 heteroatoms. The van der Waals surface area contributed by atoms with E-state index >= 15 is 0 Å². The first-order valence-corrected chi connectivity index (χ1v) is 9.13. The molecule has 0 spiro atoms. The fourth-order valence-electron chi connectivity index (χ4n) is 3.08. The predicted molar refractivity (Wildman–Crippen MR) is 101 cm³/mol. The van der Waals surface area contributed by atoms with Crippen LogP contribution in [-0.4, -0.2) is 54.3 Å². The fraction of sp³-hybridized carbons (Fsp3) is 0.500. The zero-order valence-corrected chi connectivity index (χ0v) is 15.8. The lowest BCUT2D eigenvalue weighted by molar-refractivity contribution is -0.137. The third kappa shape index (κ3) is 4.27. The minimum Gasteiger partial charge on any atom is -0.384 e. The van der Waals surface area contributed by atoms with Crippen LogP contribution in [0.5, 0.6) is 0 Å². The number of rotatable bonds is 5. The van der Waals surface area contributed by atoms with Gasteiger partial charge in [-0.05, 0) is 19.9 Å². The van der Waals surface area contributed by atoms with Crippen molar-refractivity contribution >= 4 is 17.6 Å². The normalized spacial score (nSPS) is 15.0. The van der Waals surface area contributed by atoms with E-state index in [1.165, 1.54) is 0 Å². The first-order chi connectivity index (χ1) is 13.3. The van der Waals surface area contributed by atoms with Gasteiger partial charge >= 0.3 is 6.18 Å². The first kappa shape index (κ1) is 20.1. The Morgan fingerprint density at radius 2 is 1.82 bits per heavy atom. The second-order valence-electron chi connectivity index (χ2n) is 6.34. The zero-order valence-electron chi connectivity index (χ0n) is 15.8. The average Bonchev–Trinajstić information content (AvgIpc) is 2.69. The van der Waals surface area contributed by atoms with E-state index in [4.69, 9.17) is 10.5 Å². The maximum Gasteiger partial charge on any atom is 0.417 e. The molecule has 0 bridgehead atoms. The number of nitrogen functional groups attached to an aromatic ring is 1. The molecule has 3 heterocycles. The van der Waals surface area contributed by atoms with E-state index < -0.39 is 11.7 Å². The maximum atomic E-state index is 13.6. The molecule has 7 nitrogen and oxygen atoms in total. The quantitative estimate of drug-likeness (QED) is 0.832. The van der Waals surface area contributed by atoms with Gasteiger partial charge in [0.25, 0.3) is 0 Å². The van der Waals surface area contributed by atoms with Gasteiger partial charge in [0.2, 0.25) is 5.95 Å². The van der Waals surface area contributed by atoms with E-state index in [0.717, 1.165) is 12.3 Å². The van der Waals surface area contributed by atoms with Crippen molar-refractivity contribution in [1.82, 2.24) is 15.0 Å². The lowest BCUT2D eigenvalue weighted by Gasteiger charge is -2.29. The van der Waals surface area contributed by atoms with Crippen LogP contribution in [0.2, 0.25) is 0 Å². The molecule has 0 saturated carbocycles. The largest absolute Gasteiger partial charge is 0.417 e. The number of ether oxygens (including phenoxy) is 1. The summed E-state index contributed by atoms with van der Waals surface area (Å²) in [6.07, 6.45) is -3.46. The van der Waals surface area contributed by atoms with Crippen LogP contribution in [0.15, 0.2) is 18.3 Å². The highest BCUT2D eigenvalue weighted by atomic mass is 19.4. The van der Waals surface area contributed by atoms with Crippen molar-refractivity contribution in [3.05, 3.63) is 23.9 Å². The van der Waals surface area contributed by atoms with Crippen molar-refractivity contribution in [2.24, 2.45) is 0 Å². The van der Waals surface area contributed by atoms with Gasteiger partial charge in [-0.3, -0.25) is 0 Å². The van der Waals surface area contributed by atoms with E-state index in [1.807, 2.05) is 23.6 Å². The second-order valence-corrected chi connectivity index (χ2v) is 6.34. The van der Waals surface area contributed by atoms with Crippen LogP contribution in [0, 0.1) is 0 Å². The monoisotopic (exact) mass is 396 g/mol. The van der Waals surface area contributed by atoms with E-state index in [1.54, 1.807) is 6.07 Å². The van der Waals surface area contributed by atoms with Gasteiger partial charge < -0.3 is 20.3 Å². The summed E-state index contributed by atoms with van der Waals surface area (Å²) in [5.74, 6) is 0.761. The van der Waals surface area contributed by atoms with Crippen LogP contribution in [-0.2, 0) is 10.9 Å².